The lowest BCUT2D eigenvalue weighted by molar-refractivity contribution is -0.138. The largest absolute Gasteiger partial charge is 0.337 e. The summed E-state index contributed by atoms with van der Waals surface area (Å²) in [6.45, 7) is 4.43. The second-order valence-electron chi connectivity index (χ2n) is 6.83. The number of carbonyl (C=O) groups is 1. The number of nitrogens with zero attached hydrogens (tertiary/aromatic N) is 4. The van der Waals surface area contributed by atoms with Gasteiger partial charge in [0.15, 0.2) is 0 Å². The average Bonchev–Trinajstić information content (AvgIpc) is 2.81. The van der Waals surface area contributed by atoms with Crippen LogP contribution < -0.4 is 4.72 Å². The summed E-state index contributed by atoms with van der Waals surface area (Å²) in [7, 11) is -1.94. The van der Waals surface area contributed by atoms with Crippen molar-refractivity contribution in [2.75, 3.05) is 20.1 Å². The summed E-state index contributed by atoms with van der Waals surface area (Å²) < 4.78 is 29.8. The molecule has 0 atom stereocenters. The first kappa shape index (κ1) is 18.3. The van der Waals surface area contributed by atoms with Gasteiger partial charge in [-0.1, -0.05) is 13.3 Å². The van der Waals surface area contributed by atoms with Crippen molar-refractivity contribution in [2.45, 2.75) is 52.2 Å². The lowest BCUT2D eigenvalue weighted by Crippen LogP contribution is -2.38. The number of aryl methyl sites for hydroxylation is 1. The topological polar surface area (TPSA) is 87.5 Å². The molecular formula is C16H27N5O3S. The maximum absolute atomic E-state index is 12.5. The maximum Gasteiger partial charge on any atom is 0.279 e. The van der Waals surface area contributed by atoms with Gasteiger partial charge in [-0.3, -0.25) is 9.48 Å². The fourth-order valence-electron chi connectivity index (χ4n) is 3.15. The van der Waals surface area contributed by atoms with E-state index >= 15 is 0 Å². The van der Waals surface area contributed by atoms with Crippen LogP contribution in [0.15, 0.2) is 6.07 Å². The van der Waals surface area contributed by atoms with Crippen LogP contribution in [0.25, 0.3) is 0 Å². The zero-order valence-electron chi connectivity index (χ0n) is 14.9. The lowest BCUT2D eigenvalue weighted by atomic mass is 9.84. The van der Waals surface area contributed by atoms with Gasteiger partial charge in [-0.2, -0.15) is 22.5 Å². The van der Waals surface area contributed by atoms with Crippen LogP contribution in [0.3, 0.4) is 0 Å². The normalized spacial score (nSPS) is 18.8. The third-order valence-electron chi connectivity index (χ3n) is 5.12. The van der Waals surface area contributed by atoms with Crippen LogP contribution in [-0.4, -0.2) is 53.4 Å². The molecule has 0 saturated heterocycles. The fourth-order valence-corrected chi connectivity index (χ4v) is 4.05. The molecule has 0 aromatic carbocycles. The van der Waals surface area contributed by atoms with E-state index in [1.165, 1.54) is 11.4 Å². The van der Waals surface area contributed by atoms with E-state index in [0.717, 1.165) is 44.5 Å². The summed E-state index contributed by atoms with van der Waals surface area (Å²) in [4.78, 5) is 14.4. The number of hydrogen-bond donors (Lipinski definition) is 1. The predicted octanol–water partition coefficient (Wildman–Crippen LogP) is 0.702. The van der Waals surface area contributed by atoms with Crippen LogP contribution in [0.2, 0.25) is 0 Å². The highest BCUT2D eigenvalue weighted by atomic mass is 32.2. The van der Waals surface area contributed by atoms with E-state index in [1.54, 1.807) is 6.92 Å². The Morgan fingerprint density at radius 1 is 1.36 bits per heavy atom. The first-order valence-corrected chi connectivity index (χ1v) is 10.4. The van der Waals surface area contributed by atoms with E-state index in [1.807, 2.05) is 15.6 Å². The van der Waals surface area contributed by atoms with Crippen LogP contribution in [0.4, 0.5) is 0 Å². The third kappa shape index (κ3) is 4.04. The summed E-state index contributed by atoms with van der Waals surface area (Å²) in [5, 5.41) is 4.51. The number of aromatic nitrogens is 2. The molecule has 0 radical (unpaired) electrons. The molecule has 0 unspecified atom stereocenters. The molecule has 0 spiro atoms. The van der Waals surface area contributed by atoms with Crippen molar-refractivity contribution >= 4 is 16.1 Å². The van der Waals surface area contributed by atoms with Gasteiger partial charge < -0.3 is 4.90 Å². The van der Waals surface area contributed by atoms with Crippen LogP contribution in [0.5, 0.6) is 0 Å². The summed E-state index contributed by atoms with van der Waals surface area (Å²) in [6.07, 6.45) is 4.04. The molecule has 8 nitrogen and oxygen atoms in total. The Morgan fingerprint density at radius 3 is 2.76 bits per heavy atom. The molecule has 3 rings (SSSR count). The molecule has 1 aliphatic heterocycles. The highest BCUT2D eigenvalue weighted by molar-refractivity contribution is 7.87. The smallest absolute Gasteiger partial charge is 0.279 e. The quantitative estimate of drug-likeness (QED) is 0.800. The van der Waals surface area contributed by atoms with Crippen LogP contribution >= 0.6 is 0 Å². The standard InChI is InChI=1S/C16H27N5O3S/c1-3-19(2)25(23,24)17-11-14-10-15-12-20(8-5-9-21(15)18-14)16(22)13-6-4-7-13/h10,13,17H,3-9,11-12H2,1-2H3. The van der Waals surface area contributed by atoms with Crippen LogP contribution in [0.1, 0.15) is 44.0 Å². The first-order chi connectivity index (χ1) is 11.9. The van der Waals surface area contributed by atoms with E-state index in [2.05, 4.69) is 9.82 Å². The van der Waals surface area contributed by atoms with Crippen molar-refractivity contribution in [3.63, 3.8) is 0 Å². The molecule has 1 aromatic rings. The molecular weight excluding hydrogens is 342 g/mol. The van der Waals surface area contributed by atoms with E-state index in [-0.39, 0.29) is 18.4 Å². The van der Waals surface area contributed by atoms with Crippen molar-refractivity contribution in [1.29, 1.82) is 0 Å². The zero-order chi connectivity index (χ0) is 18.0. The number of carbonyl (C=O) groups excluding carboxylic acids is 1. The average molecular weight is 369 g/mol. The van der Waals surface area contributed by atoms with E-state index in [4.69, 9.17) is 0 Å². The monoisotopic (exact) mass is 369 g/mol. The van der Waals surface area contributed by atoms with Gasteiger partial charge >= 0.3 is 0 Å². The van der Waals surface area contributed by atoms with Gasteiger partial charge in [-0.25, -0.2) is 0 Å². The highest BCUT2D eigenvalue weighted by Crippen LogP contribution is 2.29. The zero-order valence-corrected chi connectivity index (χ0v) is 15.8. The van der Waals surface area contributed by atoms with Gasteiger partial charge in [0.2, 0.25) is 5.91 Å². The number of hydrogen-bond acceptors (Lipinski definition) is 4. The second kappa shape index (κ2) is 7.43. The molecule has 1 saturated carbocycles. The van der Waals surface area contributed by atoms with Crippen LogP contribution in [0, 0.1) is 5.92 Å². The molecule has 1 aliphatic carbocycles. The minimum atomic E-state index is -3.48. The number of nitrogens with one attached hydrogen (secondary N) is 1. The summed E-state index contributed by atoms with van der Waals surface area (Å²) in [5.41, 5.74) is 1.66. The molecule has 2 heterocycles. The van der Waals surface area contributed by atoms with E-state index in [9.17, 15) is 13.2 Å². The van der Waals surface area contributed by atoms with E-state index < -0.39 is 10.2 Å². The van der Waals surface area contributed by atoms with Crippen molar-refractivity contribution < 1.29 is 13.2 Å². The Bertz CT molecular complexity index is 726. The Kier molecular flexibility index (Phi) is 5.45. The molecule has 1 aromatic heterocycles. The molecule has 1 fully saturated rings. The fraction of sp³-hybridized carbons (Fsp3) is 0.750. The Labute approximate surface area is 149 Å². The minimum Gasteiger partial charge on any atom is -0.337 e. The highest BCUT2D eigenvalue weighted by Gasteiger charge is 2.30. The number of amides is 1. The minimum absolute atomic E-state index is 0.156. The SMILES string of the molecule is CCN(C)S(=O)(=O)NCc1cc2n(n1)CCCN(C(=O)C1CCC1)C2. The third-order valence-corrected chi connectivity index (χ3v) is 6.71. The Morgan fingerprint density at radius 2 is 2.12 bits per heavy atom. The molecule has 1 amide bonds. The number of fused-ring (bicyclic) bond motifs is 1. The van der Waals surface area contributed by atoms with E-state index in [0.29, 0.717) is 18.8 Å². The Hall–Kier alpha value is -1.45. The molecule has 1 N–H and O–H groups in total. The van der Waals surface area contributed by atoms with Crippen molar-refractivity contribution in [3.05, 3.63) is 17.5 Å². The predicted molar refractivity (Wildman–Crippen MR) is 93.7 cm³/mol. The van der Waals surface area contributed by atoms with Gasteiger partial charge in [0.05, 0.1) is 24.5 Å². The van der Waals surface area contributed by atoms with Gasteiger partial charge in [-0.15, -0.1) is 0 Å². The molecule has 2 aliphatic rings. The summed E-state index contributed by atoms with van der Waals surface area (Å²) in [6, 6.07) is 1.90. The van der Waals surface area contributed by atoms with Crippen LogP contribution in [-0.2, 0) is 34.6 Å². The van der Waals surface area contributed by atoms with Gasteiger partial charge in [0.1, 0.15) is 0 Å². The maximum atomic E-state index is 12.5. The summed E-state index contributed by atoms with van der Waals surface area (Å²) in [5.74, 6) is 0.457. The van der Waals surface area contributed by atoms with Crippen molar-refractivity contribution in [1.82, 2.24) is 23.7 Å². The molecule has 25 heavy (non-hydrogen) atoms. The van der Waals surface area contributed by atoms with Crippen molar-refractivity contribution in [3.8, 4) is 0 Å². The second-order valence-corrected chi connectivity index (χ2v) is 8.69. The first-order valence-electron chi connectivity index (χ1n) is 8.96. The number of rotatable bonds is 6. The molecule has 0 bridgehead atoms. The summed E-state index contributed by atoms with van der Waals surface area (Å²) >= 11 is 0. The van der Waals surface area contributed by atoms with Gasteiger partial charge in [0.25, 0.3) is 10.2 Å². The van der Waals surface area contributed by atoms with Gasteiger partial charge in [-0.05, 0) is 25.3 Å². The molecule has 140 valence electrons. The Balaban J connectivity index is 1.65. The van der Waals surface area contributed by atoms with Crippen molar-refractivity contribution in [2.24, 2.45) is 5.92 Å². The van der Waals surface area contributed by atoms with Gasteiger partial charge in [0, 0.05) is 32.6 Å². The lowest BCUT2D eigenvalue weighted by Gasteiger charge is -2.30. The molecule has 9 heteroatoms.